The van der Waals surface area contributed by atoms with Crippen molar-refractivity contribution in [2.24, 2.45) is 0 Å². The summed E-state index contributed by atoms with van der Waals surface area (Å²) >= 11 is 0. The van der Waals surface area contributed by atoms with Crippen LogP contribution in [0.3, 0.4) is 0 Å². The van der Waals surface area contributed by atoms with Crippen LogP contribution in [0.1, 0.15) is 34.3 Å². The highest BCUT2D eigenvalue weighted by Gasteiger charge is 2.24. The van der Waals surface area contributed by atoms with Gasteiger partial charge in [0.15, 0.2) is 5.75 Å². The molecule has 1 aliphatic heterocycles. The standard InChI is InChI=1S/C21H23NO6S/c1-15-9-10-16(2)19(14-15)29(25,26)28-18-7-4-3-6-17(18)21(24)27-13-12-22-11-5-8-20(22)23/h3-4,6-7,9-10,14H,5,8,11-13H2,1-2H3. The lowest BCUT2D eigenvalue weighted by Gasteiger charge is -2.16. The summed E-state index contributed by atoms with van der Waals surface area (Å²) in [4.78, 5) is 25.8. The Morgan fingerprint density at radius 3 is 2.62 bits per heavy atom. The van der Waals surface area contributed by atoms with Crippen molar-refractivity contribution in [3.8, 4) is 5.75 Å². The summed E-state index contributed by atoms with van der Waals surface area (Å²) < 4.78 is 36.0. The molecule has 7 nitrogen and oxygen atoms in total. The van der Waals surface area contributed by atoms with Gasteiger partial charge in [0.1, 0.15) is 17.1 Å². The van der Waals surface area contributed by atoms with Gasteiger partial charge in [0.05, 0.1) is 6.54 Å². The van der Waals surface area contributed by atoms with Crippen molar-refractivity contribution in [2.45, 2.75) is 31.6 Å². The Balaban J connectivity index is 1.73. The third-order valence-electron chi connectivity index (χ3n) is 4.69. The van der Waals surface area contributed by atoms with Crippen LogP contribution in [0.15, 0.2) is 47.4 Å². The van der Waals surface area contributed by atoms with Crippen molar-refractivity contribution < 1.29 is 26.9 Å². The van der Waals surface area contributed by atoms with Crippen LogP contribution in [0.2, 0.25) is 0 Å². The zero-order valence-electron chi connectivity index (χ0n) is 16.4. The Bertz CT molecular complexity index is 1030. The molecule has 1 heterocycles. The fourth-order valence-corrected chi connectivity index (χ4v) is 4.38. The van der Waals surface area contributed by atoms with Gasteiger partial charge in [0.25, 0.3) is 0 Å². The van der Waals surface area contributed by atoms with Gasteiger partial charge in [-0.15, -0.1) is 0 Å². The summed E-state index contributed by atoms with van der Waals surface area (Å²) in [6.07, 6.45) is 1.32. The van der Waals surface area contributed by atoms with E-state index in [2.05, 4.69) is 0 Å². The number of ether oxygens (including phenoxy) is 1. The highest BCUT2D eigenvalue weighted by atomic mass is 32.2. The van der Waals surface area contributed by atoms with Gasteiger partial charge in [-0.05, 0) is 49.6 Å². The third-order valence-corrected chi connectivity index (χ3v) is 6.06. The molecular formula is C21H23NO6S. The monoisotopic (exact) mass is 417 g/mol. The molecule has 0 N–H and O–H groups in total. The Labute approximate surface area is 170 Å². The molecule has 2 aromatic rings. The molecule has 0 bridgehead atoms. The molecule has 0 atom stereocenters. The summed E-state index contributed by atoms with van der Waals surface area (Å²) in [5.74, 6) is -0.761. The molecular weight excluding hydrogens is 394 g/mol. The summed E-state index contributed by atoms with van der Waals surface area (Å²) in [6, 6.07) is 11.1. The smallest absolute Gasteiger partial charge is 0.342 e. The van der Waals surface area contributed by atoms with Crippen LogP contribution in [-0.4, -0.2) is 44.9 Å². The molecule has 3 rings (SSSR count). The molecule has 0 aliphatic carbocycles. The van der Waals surface area contributed by atoms with Crippen molar-refractivity contribution in [3.05, 3.63) is 59.2 Å². The second kappa shape index (κ2) is 8.65. The summed E-state index contributed by atoms with van der Waals surface area (Å²) in [5, 5.41) is 0. The van der Waals surface area contributed by atoms with Gasteiger partial charge in [-0.3, -0.25) is 4.79 Å². The largest absolute Gasteiger partial charge is 0.460 e. The average molecular weight is 417 g/mol. The van der Waals surface area contributed by atoms with Crippen LogP contribution in [0.25, 0.3) is 0 Å². The quantitative estimate of drug-likeness (QED) is 0.508. The summed E-state index contributed by atoms with van der Waals surface area (Å²) in [5.41, 5.74) is 1.34. The number of aryl methyl sites for hydroxylation is 2. The van der Waals surface area contributed by atoms with Gasteiger partial charge in [-0.25, -0.2) is 4.79 Å². The highest BCUT2D eigenvalue weighted by molar-refractivity contribution is 7.87. The molecule has 1 fully saturated rings. The van der Waals surface area contributed by atoms with Crippen molar-refractivity contribution in [1.82, 2.24) is 4.90 Å². The van der Waals surface area contributed by atoms with Gasteiger partial charge in [-0.2, -0.15) is 8.42 Å². The predicted molar refractivity (Wildman–Crippen MR) is 106 cm³/mol. The molecule has 29 heavy (non-hydrogen) atoms. The van der Waals surface area contributed by atoms with Crippen LogP contribution in [0.5, 0.6) is 5.75 Å². The van der Waals surface area contributed by atoms with Crippen molar-refractivity contribution in [3.63, 3.8) is 0 Å². The molecule has 1 saturated heterocycles. The van der Waals surface area contributed by atoms with Gasteiger partial charge in [0.2, 0.25) is 5.91 Å². The van der Waals surface area contributed by atoms with E-state index in [0.29, 0.717) is 25.1 Å². The van der Waals surface area contributed by atoms with Crippen molar-refractivity contribution in [1.29, 1.82) is 0 Å². The minimum atomic E-state index is -4.12. The first kappa shape index (κ1) is 20.9. The first-order valence-corrected chi connectivity index (χ1v) is 10.7. The van der Waals surface area contributed by atoms with Gasteiger partial charge in [-0.1, -0.05) is 24.3 Å². The lowest BCUT2D eigenvalue weighted by molar-refractivity contribution is -0.128. The van der Waals surface area contributed by atoms with E-state index >= 15 is 0 Å². The van der Waals surface area contributed by atoms with Crippen LogP contribution in [0, 0.1) is 13.8 Å². The first-order chi connectivity index (χ1) is 13.8. The molecule has 2 aromatic carbocycles. The molecule has 1 aliphatic rings. The van der Waals surface area contributed by atoms with E-state index in [1.54, 1.807) is 36.9 Å². The number of benzene rings is 2. The fourth-order valence-electron chi connectivity index (χ4n) is 3.11. The first-order valence-electron chi connectivity index (χ1n) is 9.33. The normalized spacial score (nSPS) is 14.1. The van der Waals surface area contributed by atoms with E-state index in [4.69, 9.17) is 8.92 Å². The van der Waals surface area contributed by atoms with Crippen LogP contribution in [0.4, 0.5) is 0 Å². The second-order valence-electron chi connectivity index (χ2n) is 6.92. The topological polar surface area (TPSA) is 90.0 Å². The number of amides is 1. The second-order valence-corrected chi connectivity index (χ2v) is 8.44. The van der Waals surface area contributed by atoms with Crippen molar-refractivity contribution in [2.75, 3.05) is 19.7 Å². The molecule has 154 valence electrons. The Hall–Kier alpha value is -2.87. The number of rotatable bonds is 7. The number of para-hydroxylation sites is 1. The number of nitrogens with zero attached hydrogens (tertiary/aromatic N) is 1. The Morgan fingerprint density at radius 2 is 1.90 bits per heavy atom. The van der Waals surface area contributed by atoms with E-state index in [-0.39, 0.29) is 28.7 Å². The highest BCUT2D eigenvalue weighted by Crippen LogP contribution is 2.26. The lowest BCUT2D eigenvalue weighted by atomic mass is 10.2. The number of esters is 1. The molecule has 0 saturated carbocycles. The molecule has 0 spiro atoms. The average Bonchev–Trinajstić information content (AvgIpc) is 3.08. The van der Waals surface area contributed by atoms with Crippen molar-refractivity contribution >= 4 is 22.0 Å². The molecule has 0 unspecified atom stereocenters. The summed E-state index contributed by atoms with van der Waals surface area (Å²) in [6.45, 7) is 4.46. The van der Waals surface area contributed by atoms with Gasteiger partial charge >= 0.3 is 16.1 Å². The number of carbonyl (C=O) groups excluding carboxylic acids is 2. The summed E-state index contributed by atoms with van der Waals surface area (Å²) in [7, 11) is -4.12. The number of hydrogen-bond donors (Lipinski definition) is 0. The minimum absolute atomic E-state index is 0.00845. The van der Waals surface area contributed by atoms with Crippen LogP contribution in [-0.2, 0) is 19.6 Å². The molecule has 0 aromatic heterocycles. The number of likely N-dealkylation sites (tertiary alicyclic amines) is 1. The molecule has 8 heteroatoms. The van der Waals surface area contributed by atoms with Crippen LogP contribution >= 0.6 is 0 Å². The van der Waals surface area contributed by atoms with E-state index < -0.39 is 16.1 Å². The van der Waals surface area contributed by atoms with Gasteiger partial charge < -0.3 is 13.8 Å². The maximum atomic E-state index is 12.8. The van der Waals surface area contributed by atoms with Gasteiger partial charge in [0, 0.05) is 13.0 Å². The minimum Gasteiger partial charge on any atom is -0.460 e. The number of carbonyl (C=O) groups is 2. The lowest BCUT2D eigenvalue weighted by Crippen LogP contribution is -2.29. The number of hydrogen-bond acceptors (Lipinski definition) is 6. The van der Waals surface area contributed by atoms with E-state index in [9.17, 15) is 18.0 Å². The Morgan fingerprint density at radius 1 is 1.14 bits per heavy atom. The maximum Gasteiger partial charge on any atom is 0.342 e. The fraction of sp³-hybridized carbons (Fsp3) is 0.333. The zero-order valence-corrected chi connectivity index (χ0v) is 17.2. The van der Waals surface area contributed by atoms with E-state index in [1.165, 1.54) is 18.2 Å². The Kier molecular flexibility index (Phi) is 6.22. The zero-order chi connectivity index (χ0) is 21.0. The molecule has 1 amide bonds. The predicted octanol–water partition coefficient (Wildman–Crippen LogP) is 2.85. The molecule has 0 radical (unpaired) electrons. The maximum absolute atomic E-state index is 12.8. The SMILES string of the molecule is Cc1ccc(C)c(S(=O)(=O)Oc2ccccc2C(=O)OCCN2CCCC2=O)c1. The third kappa shape index (κ3) is 4.95. The van der Waals surface area contributed by atoms with E-state index in [0.717, 1.165) is 12.0 Å². The van der Waals surface area contributed by atoms with Crippen LogP contribution < -0.4 is 4.18 Å². The van der Waals surface area contributed by atoms with E-state index in [1.807, 2.05) is 6.07 Å².